The number of carbonyl (C=O) groups excluding carboxylic acids is 1. The zero-order valence-corrected chi connectivity index (χ0v) is 12.5. The molecule has 3 unspecified atom stereocenters. The molecule has 2 rings (SSSR count). The lowest BCUT2D eigenvalue weighted by molar-refractivity contribution is 0.00879. The molecule has 0 aromatic carbocycles. The van der Waals surface area contributed by atoms with Crippen molar-refractivity contribution in [2.24, 2.45) is 11.8 Å². The Morgan fingerprint density at radius 3 is 2.74 bits per heavy atom. The van der Waals surface area contributed by atoms with Crippen LogP contribution in [0.15, 0.2) is 12.3 Å². The van der Waals surface area contributed by atoms with Gasteiger partial charge in [0.25, 0.3) is 0 Å². The van der Waals surface area contributed by atoms with Crippen molar-refractivity contribution in [2.75, 3.05) is 0 Å². The molecule has 1 heterocycles. The molecule has 1 aromatic rings. The lowest BCUT2D eigenvalue weighted by Gasteiger charge is -2.31. The molecule has 3 atom stereocenters. The zero-order chi connectivity index (χ0) is 14.0. The van der Waals surface area contributed by atoms with Crippen molar-refractivity contribution in [3.8, 4) is 0 Å². The van der Waals surface area contributed by atoms with Crippen LogP contribution < -0.4 is 0 Å². The summed E-state index contributed by atoms with van der Waals surface area (Å²) in [4.78, 5) is 15.9. The van der Waals surface area contributed by atoms with E-state index in [-0.39, 0.29) is 21.8 Å². The quantitative estimate of drug-likeness (QED) is 0.601. The summed E-state index contributed by atoms with van der Waals surface area (Å²) in [7, 11) is 0. The Morgan fingerprint density at radius 1 is 1.32 bits per heavy atom. The Hall–Kier alpha value is -0.800. The van der Waals surface area contributed by atoms with Crippen LogP contribution >= 0.6 is 23.2 Å². The van der Waals surface area contributed by atoms with Crippen molar-refractivity contribution in [2.45, 2.75) is 39.2 Å². The Balaban J connectivity index is 2.03. The molecule has 3 nitrogen and oxygen atoms in total. The van der Waals surface area contributed by atoms with E-state index in [0.29, 0.717) is 11.8 Å². The lowest BCUT2D eigenvalue weighted by atomic mass is 9.80. The number of ether oxygens (including phenoxy) is 1. The summed E-state index contributed by atoms with van der Waals surface area (Å²) in [5.74, 6) is 0.845. The van der Waals surface area contributed by atoms with E-state index in [0.717, 1.165) is 19.3 Å². The maximum absolute atomic E-state index is 12.1. The minimum atomic E-state index is -0.416. The summed E-state index contributed by atoms with van der Waals surface area (Å²) in [5, 5.41) is 0.508. The first-order valence-corrected chi connectivity index (χ1v) is 7.25. The molecule has 1 fully saturated rings. The van der Waals surface area contributed by atoms with Gasteiger partial charge in [0.05, 0.1) is 10.6 Å². The van der Waals surface area contributed by atoms with E-state index in [1.807, 2.05) is 0 Å². The fourth-order valence-corrected chi connectivity index (χ4v) is 2.73. The number of nitrogens with zero attached hydrogens (tertiary/aromatic N) is 1. The maximum atomic E-state index is 12.1. The van der Waals surface area contributed by atoms with E-state index in [1.165, 1.54) is 12.3 Å². The molecule has 0 aliphatic heterocycles. The first-order chi connectivity index (χ1) is 8.97. The van der Waals surface area contributed by atoms with Crippen LogP contribution in [0.25, 0.3) is 0 Å². The van der Waals surface area contributed by atoms with Crippen molar-refractivity contribution in [1.29, 1.82) is 0 Å². The molecule has 19 heavy (non-hydrogen) atoms. The largest absolute Gasteiger partial charge is 0.459 e. The first-order valence-electron chi connectivity index (χ1n) is 6.49. The van der Waals surface area contributed by atoms with Gasteiger partial charge in [0.15, 0.2) is 0 Å². The number of hydrogen-bond acceptors (Lipinski definition) is 3. The average molecular weight is 302 g/mol. The summed E-state index contributed by atoms with van der Waals surface area (Å²) in [6.07, 6.45) is 4.24. The smallest absolute Gasteiger partial charge is 0.340 e. The van der Waals surface area contributed by atoms with Crippen LogP contribution in [-0.4, -0.2) is 17.1 Å². The molecule has 104 valence electrons. The summed E-state index contributed by atoms with van der Waals surface area (Å²) in [6, 6.07) is 1.45. The minimum Gasteiger partial charge on any atom is -0.459 e. The number of halogens is 2. The van der Waals surface area contributed by atoms with E-state index < -0.39 is 5.97 Å². The van der Waals surface area contributed by atoms with Crippen LogP contribution in [0.3, 0.4) is 0 Å². The van der Waals surface area contributed by atoms with E-state index in [2.05, 4.69) is 18.8 Å². The first kappa shape index (κ1) is 14.6. The van der Waals surface area contributed by atoms with Crippen LogP contribution in [0.4, 0.5) is 0 Å². The number of aromatic nitrogens is 1. The van der Waals surface area contributed by atoms with Crippen LogP contribution in [-0.2, 0) is 4.74 Å². The predicted molar refractivity (Wildman–Crippen MR) is 75.6 cm³/mol. The Labute approximate surface area is 123 Å². The molecule has 0 radical (unpaired) electrons. The van der Waals surface area contributed by atoms with Gasteiger partial charge in [-0.25, -0.2) is 9.78 Å². The van der Waals surface area contributed by atoms with E-state index in [1.54, 1.807) is 0 Å². The van der Waals surface area contributed by atoms with Gasteiger partial charge in [-0.15, -0.1) is 0 Å². The van der Waals surface area contributed by atoms with E-state index in [9.17, 15) is 4.79 Å². The molecule has 1 aromatic heterocycles. The topological polar surface area (TPSA) is 39.2 Å². The SMILES string of the molecule is CC1CCC(OC(=O)c2cc(Cl)ncc2Cl)CC1C. The van der Waals surface area contributed by atoms with Gasteiger partial charge in [-0.1, -0.05) is 37.0 Å². The molecule has 0 bridgehead atoms. The van der Waals surface area contributed by atoms with Gasteiger partial charge in [-0.2, -0.15) is 0 Å². The van der Waals surface area contributed by atoms with Gasteiger partial charge in [0.2, 0.25) is 0 Å². The van der Waals surface area contributed by atoms with Crippen LogP contribution in [0.5, 0.6) is 0 Å². The van der Waals surface area contributed by atoms with Crippen molar-refractivity contribution in [3.63, 3.8) is 0 Å². The third kappa shape index (κ3) is 3.61. The van der Waals surface area contributed by atoms with Crippen molar-refractivity contribution in [1.82, 2.24) is 4.98 Å². The lowest BCUT2D eigenvalue weighted by Crippen LogP contribution is -2.28. The average Bonchev–Trinajstić information content (AvgIpc) is 2.36. The molecule has 0 saturated heterocycles. The zero-order valence-electron chi connectivity index (χ0n) is 11.0. The number of esters is 1. The fraction of sp³-hybridized carbons (Fsp3) is 0.571. The third-order valence-corrected chi connectivity index (χ3v) is 4.37. The van der Waals surface area contributed by atoms with Crippen molar-refractivity contribution >= 4 is 29.2 Å². The molecule has 1 aliphatic rings. The Kier molecular flexibility index (Phi) is 4.69. The van der Waals surface area contributed by atoms with Gasteiger partial charge < -0.3 is 4.74 Å². The van der Waals surface area contributed by atoms with Crippen LogP contribution in [0.1, 0.15) is 43.5 Å². The standard InChI is InChI=1S/C14H17Cl2NO2/c1-8-3-4-10(5-9(8)2)19-14(18)11-6-13(16)17-7-12(11)15/h6-10H,3-5H2,1-2H3. The van der Waals surface area contributed by atoms with Gasteiger partial charge in [-0.3, -0.25) is 0 Å². The number of carbonyl (C=O) groups is 1. The van der Waals surface area contributed by atoms with Crippen LogP contribution in [0, 0.1) is 11.8 Å². The highest BCUT2D eigenvalue weighted by atomic mass is 35.5. The molecule has 0 spiro atoms. The van der Waals surface area contributed by atoms with E-state index in [4.69, 9.17) is 27.9 Å². The molecule has 5 heteroatoms. The highest BCUT2D eigenvalue weighted by Crippen LogP contribution is 2.31. The second-order valence-electron chi connectivity index (χ2n) is 5.28. The number of hydrogen-bond donors (Lipinski definition) is 0. The molecule has 0 N–H and O–H groups in total. The molecular formula is C14H17Cl2NO2. The van der Waals surface area contributed by atoms with E-state index >= 15 is 0 Å². The minimum absolute atomic E-state index is 0.0262. The van der Waals surface area contributed by atoms with Gasteiger partial charge >= 0.3 is 5.97 Å². The Bertz CT molecular complexity index is 479. The number of rotatable bonds is 2. The summed E-state index contributed by atoms with van der Waals surface area (Å²) < 4.78 is 5.52. The monoisotopic (exact) mass is 301 g/mol. The van der Waals surface area contributed by atoms with Gasteiger partial charge in [0.1, 0.15) is 11.3 Å². The van der Waals surface area contributed by atoms with Crippen molar-refractivity contribution < 1.29 is 9.53 Å². The van der Waals surface area contributed by atoms with Gasteiger partial charge in [0, 0.05) is 6.20 Å². The normalized spacial score (nSPS) is 27.1. The highest BCUT2D eigenvalue weighted by molar-refractivity contribution is 6.34. The summed E-state index contributed by atoms with van der Waals surface area (Å²) in [6.45, 7) is 4.43. The van der Waals surface area contributed by atoms with Crippen molar-refractivity contribution in [3.05, 3.63) is 28.0 Å². The summed E-state index contributed by atoms with van der Waals surface area (Å²) in [5.41, 5.74) is 0.285. The molecule has 0 amide bonds. The highest BCUT2D eigenvalue weighted by Gasteiger charge is 2.27. The molecule has 1 aliphatic carbocycles. The second-order valence-corrected chi connectivity index (χ2v) is 6.08. The maximum Gasteiger partial charge on any atom is 0.340 e. The second kappa shape index (κ2) is 6.10. The third-order valence-electron chi connectivity index (χ3n) is 3.87. The summed E-state index contributed by atoms with van der Waals surface area (Å²) >= 11 is 11.7. The Morgan fingerprint density at radius 2 is 2.05 bits per heavy atom. The van der Waals surface area contributed by atoms with Gasteiger partial charge in [-0.05, 0) is 37.2 Å². The molecule has 1 saturated carbocycles. The molecular weight excluding hydrogens is 285 g/mol. The number of pyridine rings is 1. The van der Waals surface area contributed by atoms with Crippen LogP contribution in [0.2, 0.25) is 10.2 Å². The fourth-order valence-electron chi connectivity index (χ4n) is 2.39. The predicted octanol–water partition coefficient (Wildman–Crippen LogP) is 4.37.